The maximum absolute atomic E-state index is 5.25. The molecule has 12 heavy (non-hydrogen) atoms. The summed E-state index contributed by atoms with van der Waals surface area (Å²) >= 11 is 2.41. The van der Waals surface area contributed by atoms with Crippen molar-refractivity contribution in [3.05, 3.63) is 36.1 Å². The molecular weight excluding hydrogens is 263 g/mol. The third-order valence-electron chi connectivity index (χ3n) is 1.94. The zero-order valence-electron chi connectivity index (χ0n) is 6.75. The van der Waals surface area contributed by atoms with Crippen LogP contribution in [0.1, 0.15) is 16.4 Å². The summed E-state index contributed by atoms with van der Waals surface area (Å²) in [6.45, 7) is 2.18. The number of alkyl halides is 1. The molecule has 0 fully saturated rings. The fourth-order valence-corrected chi connectivity index (χ4v) is 1.62. The van der Waals surface area contributed by atoms with Crippen molar-refractivity contribution in [2.24, 2.45) is 0 Å². The third-order valence-corrected chi connectivity index (χ3v) is 2.65. The van der Waals surface area contributed by atoms with Crippen molar-refractivity contribution in [3.8, 4) is 0 Å². The van der Waals surface area contributed by atoms with Gasteiger partial charge in [0.2, 0.25) is 0 Å². The highest BCUT2D eigenvalue weighted by molar-refractivity contribution is 14.1. The van der Waals surface area contributed by atoms with E-state index in [0.717, 1.165) is 5.58 Å². The van der Waals surface area contributed by atoms with Crippen LogP contribution < -0.4 is 0 Å². The zero-order chi connectivity index (χ0) is 8.55. The van der Waals surface area contributed by atoms with E-state index in [9.17, 15) is 0 Å². The van der Waals surface area contributed by atoms with E-state index in [4.69, 9.17) is 4.42 Å². The first-order chi connectivity index (χ1) is 5.77. The summed E-state index contributed by atoms with van der Waals surface area (Å²) in [4.78, 5) is 0. The van der Waals surface area contributed by atoms with Crippen molar-refractivity contribution in [2.45, 2.75) is 10.8 Å². The van der Waals surface area contributed by atoms with Crippen molar-refractivity contribution in [1.29, 1.82) is 0 Å². The predicted octanol–water partition coefficient (Wildman–Crippen LogP) is 3.93. The average molecular weight is 272 g/mol. The molecule has 0 amide bonds. The van der Waals surface area contributed by atoms with E-state index in [1.54, 1.807) is 6.26 Å². The molecule has 0 N–H and O–H groups in total. The Morgan fingerprint density at radius 3 is 2.92 bits per heavy atom. The number of rotatable bonds is 1. The van der Waals surface area contributed by atoms with Gasteiger partial charge in [-0.1, -0.05) is 28.7 Å². The van der Waals surface area contributed by atoms with Gasteiger partial charge in [0.1, 0.15) is 5.58 Å². The Morgan fingerprint density at radius 2 is 2.17 bits per heavy atom. The van der Waals surface area contributed by atoms with Crippen molar-refractivity contribution >= 4 is 33.6 Å². The molecule has 1 aromatic carbocycles. The Hall–Kier alpha value is -0.510. The first kappa shape index (κ1) is 8.10. The highest BCUT2D eigenvalue weighted by Crippen LogP contribution is 2.26. The van der Waals surface area contributed by atoms with Gasteiger partial charge in [0.05, 0.1) is 6.26 Å². The fraction of sp³-hybridized carbons (Fsp3) is 0.200. The summed E-state index contributed by atoms with van der Waals surface area (Å²) in [5.74, 6) is 0. The van der Waals surface area contributed by atoms with Crippen molar-refractivity contribution < 1.29 is 4.42 Å². The standard InChI is InChI=1S/C10H9IO/c1-7(11)8-2-3-10-9(6-8)4-5-12-10/h2-7H,1H3/t7-/m0/s1. The maximum atomic E-state index is 5.25. The van der Waals surface area contributed by atoms with Crippen LogP contribution in [0.5, 0.6) is 0 Å². The molecule has 62 valence electrons. The predicted molar refractivity (Wildman–Crippen MR) is 58.6 cm³/mol. The Kier molecular flexibility index (Phi) is 2.09. The van der Waals surface area contributed by atoms with E-state index in [1.165, 1.54) is 10.9 Å². The molecule has 2 aromatic rings. The van der Waals surface area contributed by atoms with Gasteiger partial charge in [0, 0.05) is 9.31 Å². The van der Waals surface area contributed by atoms with Gasteiger partial charge in [-0.05, 0) is 30.7 Å². The maximum Gasteiger partial charge on any atom is 0.133 e. The number of furan rings is 1. The molecule has 1 aromatic heterocycles. The Balaban J connectivity index is 2.60. The monoisotopic (exact) mass is 272 g/mol. The largest absolute Gasteiger partial charge is 0.464 e. The highest BCUT2D eigenvalue weighted by atomic mass is 127. The molecule has 0 spiro atoms. The lowest BCUT2D eigenvalue weighted by atomic mass is 10.1. The smallest absolute Gasteiger partial charge is 0.133 e. The van der Waals surface area contributed by atoms with E-state index >= 15 is 0 Å². The summed E-state index contributed by atoms with van der Waals surface area (Å²) in [5, 5.41) is 1.19. The lowest BCUT2D eigenvalue weighted by Gasteiger charge is -2.01. The summed E-state index contributed by atoms with van der Waals surface area (Å²) in [7, 11) is 0. The molecule has 1 heterocycles. The van der Waals surface area contributed by atoms with Gasteiger partial charge in [0.25, 0.3) is 0 Å². The molecule has 1 nitrogen and oxygen atoms in total. The molecule has 0 aliphatic rings. The second-order valence-corrected chi connectivity index (χ2v) is 4.70. The summed E-state index contributed by atoms with van der Waals surface area (Å²) in [5.41, 5.74) is 2.32. The van der Waals surface area contributed by atoms with Gasteiger partial charge < -0.3 is 4.42 Å². The van der Waals surface area contributed by atoms with E-state index in [-0.39, 0.29) is 0 Å². The first-order valence-electron chi connectivity index (χ1n) is 3.88. The molecule has 2 heteroatoms. The Bertz CT molecular complexity index is 389. The quantitative estimate of drug-likeness (QED) is 0.566. The van der Waals surface area contributed by atoms with Gasteiger partial charge in [-0.3, -0.25) is 0 Å². The number of halogens is 1. The number of hydrogen-bond donors (Lipinski definition) is 0. The summed E-state index contributed by atoms with van der Waals surface area (Å²) in [6, 6.07) is 8.32. The van der Waals surface area contributed by atoms with Crippen LogP contribution in [0.3, 0.4) is 0 Å². The fourth-order valence-electron chi connectivity index (χ4n) is 1.23. The topological polar surface area (TPSA) is 13.1 Å². The highest BCUT2D eigenvalue weighted by Gasteiger charge is 2.02. The number of hydrogen-bond acceptors (Lipinski definition) is 1. The molecule has 0 aliphatic carbocycles. The van der Waals surface area contributed by atoms with Gasteiger partial charge in [0.15, 0.2) is 0 Å². The zero-order valence-corrected chi connectivity index (χ0v) is 8.91. The lowest BCUT2D eigenvalue weighted by Crippen LogP contribution is -1.81. The Morgan fingerprint density at radius 1 is 1.33 bits per heavy atom. The second-order valence-electron chi connectivity index (χ2n) is 2.83. The normalized spacial score (nSPS) is 13.5. The van der Waals surface area contributed by atoms with Crippen LogP contribution >= 0.6 is 22.6 Å². The molecular formula is C10H9IO. The number of fused-ring (bicyclic) bond motifs is 1. The first-order valence-corrected chi connectivity index (χ1v) is 5.13. The molecule has 1 atom stereocenters. The minimum atomic E-state index is 0.557. The minimum Gasteiger partial charge on any atom is -0.464 e. The molecule has 0 saturated heterocycles. The van der Waals surface area contributed by atoms with E-state index in [2.05, 4.69) is 41.6 Å². The van der Waals surface area contributed by atoms with Crippen molar-refractivity contribution in [3.63, 3.8) is 0 Å². The average Bonchev–Trinajstić information content (AvgIpc) is 2.49. The van der Waals surface area contributed by atoms with E-state index < -0.39 is 0 Å². The molecule has 0 radical (unpaired) electrons. The number of benzene rings is 1. The molecule has 0 bridgehead atoms. The van der Waals surface area contributed by atoms with Crippen LogP contribution in [0.15, 0.2) is 34.9 Å². The van der Waals surface area contributed by atoms with Gasteiger partial charge >= 0.3 is 0 Å². The van der Waals surface area contributed by atoms with Crippen LogP contribution in [0.2, 0.25) is 0 Å². The van der Waals surface area contributed by atoms with Gasteiger partial charge in [-0.25, -0.2) is 0 Å². The van der Waals surface area contributed by atoms with Gasteiger partial charge in [-0.2, -0.15) is 0 Å². The molecule has 0 saturated carbocycles. The summed E-state index contributed by atoms with van der Waals surface area (Å²) < 4.78 is 5.81. The molecule has 2 rings (SSSR count). The minimum absolute atomic E-state index is 0.557. The van der Waals surface area contributed by atoms with Crippen LogP contribution in [0.4, 0.5) is 0 Å². The van der Waals surface area contributed by atoms with Crippen LogP contribution in [0.25, 0.3) is 11.0 Å². The SMILES string of the molecule is C[C@H](I)c1ccc2occc2c1. The lowest BCUT2D eigenvalue weighted by molar-refractivity contribution is 0.616. The van der Waals surface area contributed by atoms with Gasteiger partial charge in [-0.15, -0.1) is 0 Å². The molecule has 0 unspecified atom stereocenters. The Labute approximate surface area is 84.9 Å². The molecule has 0 aliphatic heterocycles. The second kappa shape index (κ2) is 3.09. The van der Waals surface area contributed by atoms with E-state index in [1.807, 2.05) is 12.1 Å². The van der Waals surface area contributed by atoms with E-state index in [0.29, 0.717) is 3.92 Å². The van der Waals surface area contributed by atoms with Crippen molar-refractivity contribution in [2.75, 3.05) is 0 Å². The van der Waals surface area contributed by atoms with Crippen LogP contribution in [0, 0.1) is 0 Å². The third kappa shape index (κ3) is 1.35. The van der Waals surface area contributed by atoms with Crippen molar-refractivity contribution in [1.82, 2.24) is 0 Å². The van der Waals surface area contributed by atoms with Crippen LogP contribution in [-0.2, 0) is 0 Å². The summed E-state index contributed by atoms with van der Waals surface area (Å²) in [6.07, 6.45) is 1.73. The van der Waals surface area contributed by atoms with Crippen LogP contribution in [-0.4, -0.2) is 0 Å².